The highest BCUT2D eigenvalue weighted by atomic mass is 79.9. The van der Waals surface area contributed by atoms with Gasteiger partial charge >= 0.3 is 5.97 Å². The van der Waals surface area contributed by atoms with E-state index in [1.54, 1.807) is 0 Å². The van der Waals surface area contributed by atoms with Gasteiger partial charge in [0, 0.05) is 16.0 Å². The molecule has 0 aromatic heterocycles. The van der Waals surface area contributed by atoms with Gasteiger partial charge in [0.05, 0.1) is 12.8 Å². The monoisotopic (exact) mass is 303 g/mol. The van der Waals surface area contributed by atoms with Gasteiger partial charge in [-0.05, 0) is 40.5 Å². The Morgan fingerprint density at radius 3 is 2.94 bits per heavy atom. The summed E-state index contributed by atoms with van der Waals surface area (Å²) >= 11 is 9.39. The third-order valence-electron chi connectivity index (χ3n) is 2.71. The van der Waals surface area contributed by atoms with Crippen LogP contribution in [0.2, 0.25) is 5.02 Å². The second-order valence-corrected chi connectivity index (χ2v) is 4.91. The summed E-state index contributed by atoms with van der Waals surface area (Å²) in [5, 5.41) is 0.661. The number of anilines is 1. The first-order valence-corrected chi connectivity index (χ1v) is 6.10. The number of rotatable bonds is 2. The highest BCUT2D eigenvalue weighted by Gasteiger charge is 2.36. The largest absolute Gasteiger partial charge is 0.467 e. The Morgan fingerprint density at radius 1 is 1.62 bits per heavy atom. The van der Waals surface area contributed by atoms with Gasteiger partial charge < -0.3 is 9.64 Å². The highest BCUT2D eigenvalue weighted by molar-refractivity contribution is 9.10. The minimum atomic E-state index is -0.196. The van der Waals surface area contributed by atoms with Gasteiger partial charge in [-0.1, -0.05) is 11.6 Å². The maximum absolute atomic E-state index is 11.5. The predicted molar refractivity (Wildman–Crippen MR) is 66.9 cm³/mol. The van der Waals surface area contributed by atoms with Gasteiger partial charge in [0.15, 0.2) is 0 Å². The number of benzene rings is 1. The van der Waals surface area contributed by atoms with E-state index in [-0.39, 0.29) is 12.0 Å². The minimum Gasteiger partial charge on any atom is -0.467 e. The minimum absolute atomic E-state index is 0.181. The summed E-state index contributed by atoms with van der Waals surface area (Å²) in [5.41, 5.74) is 0.939. The van der Waals surface area contributed by atoms with E-state index in [0.717, 1.165) is 23.1 Å². The molecular formula is C11H11BrClNO2. The zero-order chi connectivity index (χ0) is 11.7. The fourth-order valence-corrected chi connectivity index (χ4v) is 2.40. The van der Waals surface area contributed by atoms with Crippen LogP contribution in [0.1, 0.15) is 6.42 Å². The van der Waals surface area contributed by atoms with E-state index >= 15 is 0 Å². The first-order valence-electron chi connectivity index (χ1n) is 4.93. The van der Waals surface area contributed by atoms with Crippen LogP contribution in [-0.2, 0) is 9.53 Å². The van der Waals surface area contributed by atoms with E-state index < -0.39 is 0 Å². The number of esters is 1. The molecule has 0 aliphatic carbocycles. The van der Waals surface area contributed by atoms with Crippen molar-refractivity contribution in [3.05, 3.63) is 27.7 Å². The third-order valence-corrected chi connectivity index (χ3v) is 3.62. The number of methoxy groups -OCH3 is 1. The maximum Gasteiger partial charge on any atom is 0.328 e. The Bertz CT molecular complexity index is 424. The van der Waals surface area contributed by atoms with E-state index in [4.69, 9.17) is 16.3 Å². The lowest BCUT2D eigenvalue weighted by Crippen LogP contribution is -2.53. The van der Waals surface area contributed by atoms with Crippen LogP contribution in [0.3, 0.4) is 0 Å². The SMILES string of the molecule is COC(=O)C1CCN1c1cc(Cl)ccc1Br. The Balaban J connectivity index is 2.24. The Hall–Kier alpha value is -0.740. The first kappa shape index (κ1) is 11.7. The van der Waals surface area contributed by atoms with Gasteiger partial charge in [0.25, 0.3) is 0 Å². The number of nitrogens with zero attached hydrogens (tertiary/aromatic N) is 1. The summed E-state index contributed by atoms with van der Waals surface area (Å²) in [6, 6.07) is 5.35. The van der Waals surface area contributed by atoms with Crippen molar-refractivity contribution in [2.75, 3.05) is 18.6 Å². The van der Waals surface area contributed by atoms with Crippen LogP contribution < -0.4 is 4.90 Å². The van der Waals surface area contributed by atoms with Crippen molar-refractivity contribution in [2.45, 2.75) is 12.5 Å². The number of carbonyl (C=O) groups is 1. The Kier molecular flexibility index (Phi) is 3.40. The van der Waals surface area contributed by atoms with Crippen LogP contribution in [0, 0.1) is 0 Å². The molecule has 2 rings (SSSR count). The normalized spacial score (nSPS) is 19.2. The van der Waals surface area contributed by atoms with Gasteiger partial charge in [-0.2, -0.15) is 0 Å². The fourth-order valence-electron chi connectivity index (χ4n) is 1.76. The molecule has 5 heteroatoms. The van der Waals surface area contributed by atoms with Crippen molar-refractivity contribution < 1.29 is 9.53 Å². The Labute approximate surface area is 107 Å². The number of hydrogen-bond acceptors (Lipinski definition) is 3. The average Bonchev–Trinajstić information content (AvgIpc) is 2.21. The highest BCUT2D eigenvalue weighted by Crippen LogP contribution is 2.35. The van der Waals surface area contributed by atoms with Crippen molar-refractivity contribution in [1.82, 2.24) is 0 Å². The fraction of sp³-hybridized carbons (Fsp3) is 0.364. The second kappa shape index (κ2) is 4.63. The van der Waals surface area contributed by atoms with Crippen LogP contribution in [0.4, 0.5) is 5.69 Å². The van der Waals surface area contributed by atoms with Crippen molar-refractivity contribution >= 4 is 39.2 Å². The molecule has 1 heterocycles. The van der Waals surface area contributed by atoms with Gasteiger partial charge in [0.2, 0.25) is 0 Å². The van der Waals surface area contributed by atoms with Crippen molar-refractivity contribution in [1.29, 1.82) is 0 Å². The summed E-state index contributed by atoms with van der Waals surface area (Å²) in [5.74, 6) is -0.196. The molecule has 1 aliphatic rings. The molecule has 1 saturated heterocycles. The van der Waals surface area contributed by atoms with Crippen LogP contribution in [0.15, 0.2) is 22.7 Å². The average molecular weight is 305 g/mol. The predicted octanol–water partition coefficient (Wildman–Crippen LogP) is 2.85. The standard InChI is InChI=1S/C11H11BrClNO2/c1-16-11(15)9-4-5-14(9)10-6-7(13)2-3-8(10)12/h2-3,6,9H,4-5H2,1H3. The van der Waals surface area contributed by atoms with Crippen molar-refractivity contribution in [3.63, 3.8) is 0 Å². The second-order valence-electron chi connectivity index (χ2n) is 3.62. The molecule has 0 spiro atoms. The van der Waals surface area contributed by atoms with Crippen LogP contribution in [-0.4, -0.2) is 25.7 Å². The van der Waals surface area contributed by atoms with E-state index in [9.17, 15) is 4.79 Å². The Morgan fingerprint density at radius 2 is 2.38 bits per heavy atom. The zero-order valence-corrected chi connectivity index (χ0v) is 11.1. The van der Waals surface area contributed by atoms with E-state index in [1.165, 1.54) is 7.11 Å². The molecule has 1 aliphatic heterocycles. The summed E-state index contributed by atoms with van der Waals surface area (Å²) in [6.45, 7) is 0.846. The lowest BCUT2D eigenvalue weighted by molar-refractivity contribution is -0.143. The lowest BCUT2D eigenvalue weighted by atomic mass is 10.0. The molecule has 0 N–H and O–H groups in total. The van der Waals surface area contributed by atoms with E-state index in [1.807, 2.05) is 23.1 Å². The maximum atomic E-state index is 11.5. The van der Waals surface area contributed by atoms with Crippen molar-refractivity contribution in [3.8, 4) is 0 Å². The van der Waals surface area contributed by atoms with Gasteiger partial charge in [-0.15, -0.1) is 0 Å². The number of hydrogen-bond donors (Lipinski definition) is 0. The molecule has 1 fully saturated rings. The summed E-state index contributed by atoms with van der Waals surface area (Å²) in [4.78, 5) is 13.4. The molecular weight excluding hydrogens is 293 g/mol. The van der Waals surface area contributed by atoms with Gasteiger partial charge in [0.1, 0.15) is 6.04 Å². The number of ether oxygens (including phenoxy) is 1. The number of carbonyl (C=O) groups excluding carboxylic acids is 1. The molecule has 0 radical (unpaired) electrons. The summed E-state index contributed by atoms with van der Waals surface area (Å²) in [7, 11) is 1.41. The molecule has 1 aromatic rings. The first-order chi connectivity index (χ1) is 7.63. The molecule has 16 heavy (non-hydrogen) atoms. The number of halogens is 2. The van der Waals surface area contributed by atoms with E-state index in [0.29, 0.717) is 5.02 Å². The van der Waals surface area contributed by atoms with Gasteiger partial charge in [-0.25, -0.2) is 4.79 Å². The molecule has 1 atom stereocenters. The topological polar surface area (TPSA) is 29.5 Å². The van der Waals surface area contributed by atoms with Crippen molar-refractivity contribution in [2.24, 2.45) is 0 Å². The molecule has 0 saturated carbocycles. The molecule has 1 unspecified atom stereocenters. The van der Waals surface area contributed by atoms with Crippen LogP contribution in [0.5, 0.6) is 0 Å². The van der Waals surface area contributed by atoms with E-state index in [2.05, 4.69) is 15.9 Å². The smallest absolute Gasteiger partial charge is 0.328 e. The molecule has 0 bridgehead atoms. The lowest BCUT2D eigenvalue weighted by Gasteiger charge is -2.41. The van der Waals surface area contributed by atoms with Crippen LogP contribution >= 0.6 is 27.5 Å². The van der Waals surface area contributed by atoms with Gasteiger partial charge in [-0.3, -0.25) is 0 Å². The quantitative estimate of drug-likeness (QED) is 0.787. The molecule has 1 aromatic carbocycles. The molecule has 0 amide bonds. The molecule has 3 nitrogen and oxygen atoms in total. The summed E-state index contributed by atoms with van der Waals surface area (Å²) in [6.07, 6.45) is 0.825. The zero-order valence-electron chi connectivity index (χ0n) is 8.74. The van der Waals surface area contributed by atoms with Crippen LogP contribution in [0.25, 0.3) is 0 Å². The molecule has 86 valence electrons. The summed E-state index contributed by atoms with van der Waals surface area (Å²) < 4.78 is 5.68. The third kappa shape index (κ3) is 2.04.